The second kappa shape index (κ2) is 16.1. The number of likely N-dealkylation sites (tertiary alicyclic amines) is 1. The lowest BCUT2D eigenvalue weighted by atomic mass is 10.1. The van der Waals surface area contributed by atoms with Crippen molar-refractivity contribution >= 4 is 81.0 Å². The Labute approximate surface area is 274 Å². The Hall–Kier alpha value is -2.10. The molecule has 222 valence electrons. The molecule has 0 saturated carbocycles. The van der Waals surface area contributed by atoms with E-state index in [4.69, 9.17) is 51.5 Å². The van der Waals surface area contributed by atoms with Crippen LogP contribution in [0.4, 0.5) is 0 Å². The molecule has 1 fully saturated rings. The summed E-state index contributed by atoms with van der Waals surface area (Å²) in [5.74, 6) is -0.756. The zero-order chi connectivity index (χ0) is 30.1. The van der Waals surface area contributed by atoms with Gasteiger partial charge in [-0.2, -0.15) is 0 Å². The average molecular weight is 685 g/mol. The van der Waals surface area contributed by atoms with Crippen LogP contribution in [0.15, 0.2) is 60.7 Å². The van der Waals surface area contributed by atoms with E-state index < -0.39 is 5.97 Å². The Morgan fingerprint density at radius 3 is 1.76 bits per heavy atom. The van der Waals surface area contributed by atoms with Crippen molar-refractivity contribution in [1.82, 2.24) is 10.2 Å². The SMILES string of the molecule is O=C(Cc1ccc(-c2ccc(Cl)cc2Cl)s1)NCCN1CCCCC1.O=C(O)Cc1ccc(-c2ccc(Cl)cc2Cl)s1. The third-order valence-corrected chi connectivity index (χ3v) is 9.91. The Bertz CT molecular complexity index is 1520. The highest BCUT2D eigenvalue weighted by Gasteiger charge is 2.13. The van der Waals surface area contributed by atoms with Gasteiger partial charge in [0.25, 0.3) is 0 Å². The number of thiophene rings is 2. The van der Waals surface area contributed by atoms with E-state index in [0.29, 0.717) is 26.5 Å². The highest BCUT2D eigenvalue weighted by atomic mass is 35.5. The van der Waals surface area contributed by atoms with Gasteiger partial charge < -0.3 is 15.3 Å². The van der Waals surface area contributed by atoms with Gasteiger partial charge in [-0.25, -0.2) is 0 Å². The van der Waals surface area contributed by atoms with Crippen LogP contribution in [0.25, 0.3) is 20.9 Å². The van der Waals surface area contributed by atoms with Gasteiger partial charge in [-0.15, -0.1) is 22.7 Å². The van der Waals surface area contributed by atoms with Gasteiger partial charge in [0.2, 0.25) is 5.91 Å². The Kier molecular flexibility index (Phi) is 12.6. The number of hydrogen-bond donors (Lipinski definition) is 2. The molecule has 11 heteroatoms. The lowest BCUT2D eigenvalue weighted by molar-refractivity contribution is -0.136. The smallest absolute Gasteiger partial charge is 0.308 e. The fourth-order valence-corrected chi connectivity index (χ4v) is 7.74. The highest BCUT2D eigenvalue weighted by molar-refractivity contribution is 7.16. The molecule has 5 rings (SSSR count). The first kappa shape index (κ1) is 32.8. The van der Waals surface area contributed by atoms with Crippen LogP contribution < -0.4 is 5.32 Å². The van der Waals surface area contributed by atoms with Crippen LogP contribution in [0.2, 0.25) is 20.1 Å². The fourth-order valence-electron chi connectivity index (χ4n) is 4.52. The molecule has 3 heterocycles. The van der Waals surface area contributed by atoms with E-state index in [1.807, 2.05) is 36.4 Å². The summed E-state index contributed by atoms with van der Waals surface area (Å²) in [5.41, 5.74) is 1.82. The number of halogens is 4. The van der Waals surface area contributed by atoms with Gasteiger partial charge in [0.15, 0.2) is 0 Å². The summed E-state index contributed by atoms with van der Waals surface area (Å²) >= 11 is 27.1. The van der Waals surface area contributed by atoms with E-state index in [-0.39, 0.29) is 12.3 Å². The summed E-state index contributed by atoms with van der Waals surface area (Å²) < 4.78 is 0. The van der Waals surface area contributed by atoms with Gasteiger partial charge in [-0.1, -0.05) is 65.0 Å². The standard InChI is InChI=1S/C19H22Cl2N2OS.C12H8Cl2O2S/c20-14-4-6-16(17(21)12-14)18-7-5-15(25-18)13-19(24)22-8-11-23-9-2-1-3-10-23;13-7-1-3-9(10(14)5-7)11-4-2-8(17-11)6-12(15)16/h4-7,12H,1-3,8-11,13H2,(H,22,24);1-5H,6H2,(H,15,16). The maximum atomic E-state index is 12.1. The van der Waals surface area contributed by atoms with Crippen LogP contribution in [-0.2, 0) is 22.4 Å². The molecule has 2 N–H and O–H groups in total. The van der Waals surface area contributed by atoms with E-state index in [0.717, 1.165) is 56.8 Å². The van der Waals surface area contributed by atoms with Crippen molar-refractivity contribution in [3.8, 4) is 20.9 Å². The van der Waals surface area contributed by atoms with Crippen molar-refractivity contribution in [2.24, 2.45) is 0 Å². The predicted octanol–water partition coefficient (Wildman–Crippen LogP) is 9.22. The molecule has 0 bridgehead atoms. The molecule has 1 amide bonds. The molecule has 0 atom stereocenters. The summed E-state index contributed by atoms with van der Waals surface area (Å²) in [6.07, 6.45) is 4.34. The number of aliphatic carboxylic acids is 1. The minimum Gasteiger partial charge on any atom is -0.481 e. The molecule has 2 aromatic heterocycles. The number of hydrogen-bond acceptors (Lipinski definition) is 5. The van der Waals surface area contributed by atoms with Gasteiger partial charge in [0.05, 0.1) is 22.9 Å². The van der Waals surface area contributed by atoms with Crippen LogP contribution in [0, 0.1) is 0 Å². The number of nitrogens with one attached hydrogen (secondary N) is 1. The summed E-state index contributed by atoms with van der Waals surface area (Å²) in [6, 6.07) is 18.4. The van der Waals surface area contributed by atoms with E-state index in [2.05, 4.69) is 10.2 Å². The number of rotatable bonds is 9. The van der Waals surface area contributed by atoms with Crippen molar-refractivity contribution in [3.63, 3.8) is 0 Å². The molecule has 2 aromatic carbocycles. The zero-order valence-electron chi connectivity index (χ0n) is 22.7. The van der Waals surface area contributed by atoms with Crippen molar-refractivity contribution in [2.75, 3.05) is 26.2 Å². The van der Waals surface area contributed by atoms with Gasteiger partial charge in [0, 0.05) is 53.8 Å². The quantitative estimate of drug-likeness (QED) is 0.185. The first-order valence-electron chi connectivity index (χ1n) is 13.5. The van der Waals surface area contributed by atoms with Gasteiger partial charge in [-0.05, 0) is 74.5 Å². The van der Waals surface area contributed by atoms with Crippen LogP contribution in [-0.4, -0.2) is 48.1 Å². The second-order valence-corrected chi connectivity index (χ2v) is 13.8. The first-order valence-corrected chi connectivity index (χ1v) is 16.6. The Morgan fingerprint density at radius 1 is 0.738 bits per heavy atom. The summed E-state index contributed by atoms with van der Waals surface area (Å²) in [4.78, 5) is 29.0. The largest absolute Gasteiger partial charge is 0.481 e. The molecule has 0 unspecified atom stereocenters. The number of piperidine rings is 1. The number of carbonyl (C=O) groups excluding carboxylic acids is 1. The van der Waals surface area contributed by atoms with Crippen LogP contribution >= 0.6 is 69.1 Å². The van der Waals surface area contributed by atoms with Gasteiger partial charge >= 0.3 is 5.97 Å². The van der Waals surface area contributed by atoms with Crippen LogP contribution in [0.5, 0.6) is 0 Å². The second-order valence-electron chi connectivity index (χ2n) is 9.78. The number of carboxylic acid groups (broad SMARTS) is 1. The Balaban J connectivity index is 0.000000208. The summed E-state index contributed by atoms with van der Waals surface area (Å²) in [6.45, 7) is 3.99. The number of carboxylic acids is 1. The topological polar surface area (TPSA) is 69.6 Å². The monoisotopic (exact) mass is 682 g/mol. The lowest BCUT2D eigenvalue weighted by Crippen LogP contribution is -2.38. The number of benzene rings is 2. The Morgan fingerprint density at radius 2 is 1.26 bits per heavy atom. The van der Waals surface area contributed by atoms with Crippen molar-refractivity contribution in [2.45, 2.75) is 32.1 Å². The first-order chi connectivity index (χ1) is 20.2. The minimum absolute atomic E-state index is 0.0376. The van der Waals surface area contributed by atoms with Gasteiger partial charge in [0.1, 0.15) is 0 Å². The minimum atomic E-state index is -0.833. The van der Waals surface area contributed by atoms with E-state index in [1.165, 1.54) is 30.6 Å². The molecule has 4 aromatic rings. The molecular weight excluding hydrogens is 654 g/mol. The molecule has 1 saturated heterocycles. The van der Waals surface area contributed by atoms with Crippen molar-refractivity contribution < 1.29 is 14.7 Å². The normalized spacial score (nSPS) is 13.3. The molecule has 42 heavy (non-hydrogen) atoms. The van der Waals surface area contributed by atoms with Gasteiger partial charge in [-0.3, -0.25) is 9.59 Å². The maximum Gasteiger partial charge on any atom is 0.308 e. The molecule has 5 nitrogen and oxygen atoms in total. The molecule has 0 radical (unpaired) electrons. The zero-order valence-corrected chi connectivity index (χ0v) is 27.3. The van der Waals surface area contributed by atoms with E-state index in [1.54, 1.807) is 35.6 Å². The average Bonchev–Trinajstić information content (AvgIpc) is 3.59. The molecular formula is C31H30Cl4N2O3S2. The van der Waals surface area contributed by atoms with Crippen molar-refractivity contribution in [1.29, 1.82) is 0 Å². The summed E-state index contributed by atoms with van der Waals surface area (Å²) in [7, 11) is 0. The third-order valence-electron chi connectivity index (χ3n) is 6.58. The van der Waals surface area contributed by atoms with E-state index in [9.17, 15) is 9.59 Å². The number of carbonyl (C=O) groups is 2. The number of amides is 1. The molecule has 1 aliphatic heterocycles. The molecule has 0 aliphatic carbocycles. The maximum absolute atomic E-state index is 12.1. The fraction of sp³-hybridized carbons (Fsp3) is 0.290. The summed E-state index contributed by atoms with van der Waals surface area (Å²) in [5, 5.41) is 14.1. The molecule has 1 aliphatic rings. The lowest BCUT2D eigenvalue weighted by Gasteiger charge is -2.26. The molecule has 0 spiro atoms. The third kappa shape index (κ3) is 9.98. The van der Waals surface area contributed by atoms with Crippen LogP contribution in [0.3, 0.4) is 0 Å². The van der Waals surface area contributed by atoms with Crippen LogP contribution in [0.1, 0.15) is 29.0 Å². The number of nitrogens with zero attached hydrogens (tertiary/aromatic N) is 1. The van der Waals surface area contributed by atoms with Crippen molar-refractivity contribution in [3.05, 3.63) is 90.5 Å². The van der Waals surface area contributed by atoms with E-state index >= 15 is 0 Å². The highest BCUT2D eigenvalue weighted by Crippen LogP contribution is 2.36. The predicted molar refractivity (Wildman–Crippen MR) is 178 cm³/mol.